The summed E-state index contributed by atoms with van der Waals surface area (Å²) < 4.78 is 12.7. The Balaban J connectivity index is 2.30. The van der Waals surface area contributed by atoms with E-state index in [0.29, 0.717) is 12.0 Å². The predicted octanol–water partition coefficient (Wildman–Crippen LogP) is 2.51. The number of aromatic carboxylic acids is 1. The van der Waals surface area contributed by atoms with Crippen LogP contribution in [0.1, 0.15) is 21.6 Å². The Morgan fingerprint density at radius 1 is 1.24 bits per heavy atom. The zero-order valence-corrected chi connectivity index (χ0v) is 8.93. The van der Waals surface area contributed by atoms with Crippen molar-refractivity contribution in [2.75, 3.05) is 0 Å². The number of aromatic nitrogens is 1. The van der Waals surface area contributed by atoms with Crippen LogP contribution >= 0.6 is 0 Å². The standard InChI is InChI=1S/C13H10FNO2/c14-11-5-3-9(4-6-11)8-10-2-1-7-15-12(10)13(16)17/h1-7H,8H2,(H,16,17). The summed E-state index contributed by atoms with van der Waals surface area (Å²) in [6.45, 7) is 0. The fourth-order valence-corrected chi connectivity index (χ4v) is 1.60. The molecule has 1 heterocycles. The minimum atomic E-state index is -1.05. The van der Waals surface area contributed by atoms with Gasteiger partial charge in [0.25, 0.3) is 0 Å². The molecule has 0 aliphatic heterocycles. The second-order valence-corrected chi connectivity index (χ2v) is 3.62. The van der Waals surface area contributed by atoms with Crippen LogP contribution in [0, 0.1) is 5.82 Å². The molecule has 86 valence electrons. The van der Waals surface area contributed by atoms with Crippen LogP contribution in [0.25, 0.3) is 0 Å². The highest BCUT2D eigenvalue weighted by Gasteiger charge is 2.10. The Morgan fingerprint density at radius 3 is 2.59 bits per heavy atom. The molecule has 0 radical (unpaired) electrons. The third-order valence-corrected chi connectivity index (χ3v) is 2.40. The van der Waals surface area contributed by atoms with Crippen molar-refractivity contribution in [3.05, 3.63) is 65.2 Å². The van der Waals surface area contributed by atoms with Crippen molar-refractivity contribution in [1.82, 2.24) is 4.98 Å². The molecule has 0 aliphatic carbocycles. The van der Waals surface area contributed by atoms with E-state index < -0.39 is 5.97 Å². The van der Waals surface area contributed by atoms with Crippen molar-refractivity contribution < 1.29 is 14.3 Å². The molecule has 1 aromatic heterocycles. The lowest BCUT2D eigenvalue weighted by Gasteiger charge is -2.04. The van der Waals surface area contributed by atoms with Crippen molar-refractivity contribution in [3.8, 4) is 0 Å². The van der Waals surface area contributed by atoms with Gasteiger partial charge in [-0.1, -0.05) is 18.2 Å². The van der Waals surface area contributed by atoms with Crippen molar-refractivity contribution in [3.63, 3.8) is 0 Å². The van der Waals surface area contributed by atoms with Gasteiger partial charge in [0.05, 0.1) is 0 Å². The van der Waals surface area contributed by atoms with E-state index in [4.69, 9.17) is 5.11 Å². The summed E-state index contributed by atoms with van der Waals surface area (Å²) in [5.41, 5.74) is 1.50. The molecule has 17 heavy (non-hydrogen) atoms. The second kappa shape index (κ2) is 4.74. The molecule has 0 spiro atoms. The number of hydrogen-bond acceptors (Lipinski definition) is 2. The van der Waals surface area contributed by atoms with Crippen LogP contribution in [0.5, 0.6) is 0 Å². The second-order valence-electron chi connectivity index (χ2n) is 3.62. The fraction of sp³-hybridized carbons (Fsp3) is 0.0769. The average molecular weight is 231 g/mol. The van der Waals surface area contributed by atoms with Crippen LogP contribution in [0.4, 0.5) is 4.39 Å². The Labute approximate surface area is 97.6 Å². The van der Waals surface area contributed by atoms with E-state index in [0.717, 1.165) is 5.56 Å². The molecule has 1 N–H and O–H groups in total. The third kappa shape index (κ3) is 2.66. The summed E-state index contributed by atoms with van der Waals surface area (Å²) in [6, 6.07) is 9.37. The Hall–Kier alpha value is -2.23. The first-order valence-electron chi connectivity index (χ1n) is 5.08. The number of nitrogens with zero attached hydrogens (tertiary/aromatic N) is 1. The fourth-order valence-electron chi connectivity index (χ4n) is 1.60. The zero-order chi connectivity index (χ0) is 12.3. The molecule has 0 atom stereocenters. The molecule has 0 unspecified atom stereocenters. The van der Waals surface area contributed by atoms with Gasteiger partial charge in [0.15, 0.2) is 5.69 Å². The van der Waals surface area contributed by atoms with Crippen LogP contribution in [-0.2, 0) is 6.42 Å². The van der Waals surface area contributed by atoms with Crippen molar-refractivity contribution in [2.45, 2.75) is 6.42 Å². The predicted molar refractivity (Wildman–Crippen MR) is 60.4 cm³/mol. The highest BCUT2D eigenvalue weighted by atomic mass is 19.1. The van der Waals surface area contributed by atoms with Gasteiger partial charge in [-0.15, -0.1) is 0 Å². The number of carboxylic acids is 1. The Kier molecular flexibility index (Phi) is 3.14. The van der Waals surface area contributed by atoms with Crippen LogP contribution < -0.4 is 0 Å². The SMILES string of the molecule is O=C(O)c1ncccc1Cc1ccc(F)cc1. The molecule has 0 amide bonds. The van der Waals surface area contributed by atoms with Crippen molar-refractivity contribution in [1.29, 1.82) is 0 Å². The summed E-state index contributed by atoms with van der Waals surface area (Å²) >= 11 is 0. The lowest BCUT2D eigenvalue weighted by atomic mass is 10.0. The average Bonchev–Trinajstić information content (AvgIpc) is 2.32. The van der Waals surface area contributed by atoms with Crippen molar-refractivity contribution in [2.24, 2.45) is 0 Å². The Bertz CT molecular complexity index is 537. The van der Waals surface area contributed by atoms with E-state index in [-0.39, 0.29) is 11.5 Å². The molecule has 0 saturated carbocycles. The van der Waals surface area contributed by atoms with Crippen LogP contribution in [0.2, 0.25) is 0 Å². The molecule has 0 bridgehead atoms. The number of halogens is 1. The lowest BCUT2D eigenvalue weighted by molar-refractivity contribution is 0.0689. The quantitative estimate of drug-likeness (QED) is 0.882. The van der Waals surface area contributed by atoms with E-state index in [9.17, 15) is 9.18 Å². The van der Waals surface area contributed by atoms with Gasteiger partial charge in [0.1, 0.15) is 5.82 Å². The van der Waals surface area contributed by atoms with E-state index in [1.165, 1.54) is 18.3 Å². The van der Waals surface area contributed by atoms with E-state index >= 15 is 0 Å². The molecule has 0 saturated heterocycles. The molecule has 2 aromatic rings. The first kappa shape index (κ1) is 11.3. The maximum Gasteiger partial charge on any atom is 0.354 e. The number of benzene rings is 1. The molecule has 1 aromatic carbocycles. The van der Waals surface area contributed by atoms with Crippen LogP contribution in [0.3, 0.4) is 0 Å². The number of hydrogen-bond donors (Lipinski definition) is 1. The van der Waals surface area contributed by atoms with Gasteiger partial charge in [-0.3, -0.25) is 0 Å². The van der Waals surface area contributed by atoms with Gasteiger partial charge >= 0.3 is 5.97 Å². The first-order valence-corrected chi connectivity index (χ1v) is 5.08. The smallest absolute Gasteiger partial charge is 0.354 e. The largest absolute Gasteiger partial charge is 0.477 e. The van der Waals surface area contributed by atoms with Crippen molar-refractivity contribution >= 4 is 5.97 Å². The minimum absolute atomic E-state index is 0.0387. The van der Waals surface area contributed by atoms with Gasteiger partial charge in [0.2, 0.25) is 0 Å². The molecular weight excluding hydrogens is 221 g/mol. The summed E-state index contributed by atoms with van der Waals surface area (Å²) in [5.74, 6) is -1.36. The molecule has 3 nitrogen and oxygen atoms in total. The summed E-state index contributed by atoms with van der Waals surface area (Å²) in [5, 5.41) is 8.97. The van der Waals surface area contributed by atoms with E-state index in [1.54, 1.807) is 24.3 Å². The molecule has 4 heteroatoms. The van der Waals surface area contributed by atoms with Gasteiger partial charge < -0.3 is 5.11 Å². The number of rotatable bonds is 3. The van der Waals surface area contributed by atoms with Gasteiger partial charge in [-0.25, -0.2) is 14.2 Å². The van der Waals surface area contributed by atoms with E-state index in [1.807, 2.05) is 0 Å². The highest BCUT2D eigenvalue weighted by Crippen LogP contribution is 2.13. The Morgan fingerprint density at radius 2 is 1.94 bits per heavy atom. The first-order chi connectivity index (χ1) is 8.16. The zero-order valence-electron chi connectivity index (χ0n) is 8.93. The maximum atomic E-state index is 12.7. The molecule has 2 rings (SSSR count). The molecular formula is C13H10FNO2. The van der Waals surface area contributed by atoms with Crippen LogP contribution in [-0.4, -0.2) is 16.1 Å². The number of carboxylic acid groups (broad SMARTS) is 1. The maximum absolute atomic E-state index is 12.7. The lowest BCUT2D eigenvalue weighted by Crippen LogP contribution is -2.05. The minimum Gasteiger partial charge on any atom is -0.477 e. The highest BCUT2D eigenvalue weighted by molar-refractivity contribution is 5.87. The van der Waals surface area contributed by atoms with Crippen LogP contribution in [0.15, 0.2) is 42.6 Å². The third-order valence-electron chi connectivity index (χ3n) is 2.40. The number of pyridine rings is 1. The monoisotopic (exact) mass is 231 g/mol. The number of carbonyl (C=O) groups is 1. The summed E-state index contributed by atoms with van der Waals surface area (Å²) in [7, 11) is 0. The van der Waals surface area contributed by atoms with Gasteiger partial charge in [0, 0.05) is 6.20 Å². The normalized spacial score (nSPS) is 10.2. The summed E-state index contributed by atoms with van der Waals surface area (Å²) in [6.07, 6.45) is 1.87. The topological polar surface area (TPSA) is 50.2 Å². The molecule has 0 fully saturated rings. The molecule has 0 aliphatic rings. The van der Waals surface area contributed by atoms with Gasteiger partial charge in [-0.2, -0.15) is 0 Å². The van der Waals surface area contributed by atoms with E-state index in [2.05, 4.69) is 4.98 Å². The van der Waals surface area contributed by atoms with Gasteiger partial charge in [-0.05, 0) is 35.7 Å². The summed E-state index contributed by atoms with van der Waals surface area (Å²) in [4.78, 5) is 14.8.